The van der Waals surface area contributed by atoms with Crippen LogP contribution in [-0.2, 0) is 4.74 Å². The molecule has 2 nitrogen and oxygen atoms in total. The summed E-state index contributed by atoms with van der Waals surface area (Å²) in [5, 5.41) is 0. The zero-order valence-corrected chi connectivity index (χ0v) is 5.97. The maximum Gasteiger partial charge on any atom is 0.183 e. The molecule has 1 heterocycles. The molecule has 1 aliphatic rings. The lowest BCUT2D eigenvalue weighted by atomic mass is 10.4. The van der Waals surface area contributed by atoms with Gasteiger partial charge in [0.2, 0.25) is 0 Å². The lowest BCUT2D eigenvalue weighted by Gasteiger charge is -2.24. The predicted molar refractivity (Wildman–Crippen MR) is 43.7 cm³/mol. The van der Waals surface area contributed by atoms with Crippen molar-refractivity contribution < 1.29 is 9.22 Å². The van der Waals surface area contributed by atoms with Crippen LogP contribution < -0.4 is 0 Å². The molecule has 0 saturated carbocycles. The number of hydrogen-bond donors (Lipinski definition) is 0. The minimum atomic E-state index is 0. The Bertz CT molecular complexity index is 106. The van der Waals surface area contributed by atoms with Gasteiger partial charge >= 0.3 is 0 Å². The molecule has 1 atom stereocenters. The van der Waals surface area contributed by atoms with E-state index < -0.39 is 0 Å². The second kappa shape index (κ2) is 3.74. The van der Waals surface area contributed by atoms with Crippen molar-refractivity contribution in [3.05, 3.63) is 12.7 Å². The first-order valence-electron chi connectivity index (χ1n) is 3.29. The number of ether oxygens (including phenoxy) is 1. The van der Waals surface area contributed by atoms with Crippen LogP contribution in [0.1, 0.15) is 7.43 Å². The quantitative estimate of drug-likeness (QED) is 0.418. The second-order valence-corrected chi connectivity index (χ2v) is 2.85. The Labute approximate surface area is 63.7 Å². The lowest BCUT2D eigenvalue weighted by molar-refractivity contribution is -0.900. The molecule has 0 aliphatic carbocycles. The molecule has 0 N–H and O–H groups in total. The highest BCUT2D eigenvalue weighted by molar-refractivity contribution is 4.65. The molecule has 60 valence electrons. The first kappa shape index (κ1) is 9.66. The summed E-state index contributed by atoms with van der Waals surface area (Å²) in [7, 11) is 2.19. The molecule has 1 rings (SSSR count). The van der Waals surface area contributed by atoms with Gasteiger partial charge in [-0.2, -0.15) is 0 Å². The van der Waals surface area contributed by atoms with E-state index in [1.807, 2.05) is 6.08 Å². The average molecular weight is 144 g/mol. The number of rotatable bonds is 2. The molecule has 10 heavy (non-hydrogen) atoms. The Balaban J connectivity index is 0.000000810. The van der Waals surface area contributed by atoms with Crippen LogP contribution >= 0.6 is 0 Å². The first-order chi connectivity index (χ1) is 4.27. The number of quaternary nitrogens is 1. The van der Waals surface area contributed by atoms with Crippen LogP contribution in [0, 0.1) is 0 Å². The van der Waals surface area contributed by atoms with Gasteiger partial charge in [0.15, 0.2) is 6.73 Å². The van der Waals surface area contributed by atoms with E-state index in [9.17, 15) is 0 Å². The average Bonchev–Trinajstić information content (AvgIpc) is 2.16. The number of nitrogens with zero attached hydrogens (tertiary/aromatic N) is 1. The SMILES string of the molecule is C.C=CC[N+]1(C)CCOC1. The summed E-state index contributed by atoms with van der Waals surface area (Å²) >= 11 is 0. The summed E-state index contributed by atoms with van der Waals surface area (Å²) in [6.45, 7) is 7.62. The predicted octanol–water partition coefficient (Wildman–Crippen LogP) is 1.24. The topological polar surface area (TPSA) is 9.23 Å². The third kappa shape index (κ3) is 2.12. The molecule has 0 aromatic heterocycles. The summed E-state index contributed by atoms with van der Waals surface area (Å²) in [6, 6.07) is 0. The zero-order valence-electron chi connectivity index (χ0n) is 5.97. The van der Waals surface area contributed by atoms with E-state index in [0.717, 1.165) is 30.9 Å². The van der Waals surface area contributed by atoms with Crippen molar-refractivity contribution >= 4 is 0 Å². The van der Waals surface area contributed by atoms with Crippen LogP contribution in [0.5, 0.6) is 0 Å². The third-order valence-corrected chi connectivity index (χ3v) is 1.75. The van der Waals surface area contributed by atoms with E-state index in [1.165, 1.54) is 0 Å². The minimum Gasteiger partial charge on any atom is -0.326 e. The van der Waals surface area contributed by atoms with Gasteiger partial charge in [-0.15, -0.1) is 0 Å². The highest BCUT2D eigenvalue weighted by Gasteiger charge is 2.25. The monoisotopic (exact) mass is 144 g/mol. The molecule has 1 saturated heterocycles. The highest BCUT2D eigenvalue weighted by atomic mass is 16.5. The largest absolute Gasteiger partial charge is 0.326 e. The van der Waals surface area contributed by atoms with Crippen molar-refractivity contribution in [2.45, 2.75) is 7.43 Å². The third-order valence-electron chi connectivity index (χ3n) is 1.75. The van der Waals surface area contributed by atoms with Crippen LogP contribution in [-0.4, -0.2) is 38.0 Å². The normalized spacial score (nSPS) is 31.3. The van der Waals surface area contributed by atoms with Gasteiger partial charge in [0.1, 0.15) is 13.2 Å². The van der Waals surface area contributed by atoms with Gasteiger partial charge in [-0.25, -0.2) is 0 Å². The molecule has 1 fully saturated rings. The van der Waals surface area contributed by atoms with Gasteiger partial charge in [-0.3, -0.25) is 4.48 Å². The Morgan fingerprint density at radius 2 is 2.40 bits per heavy atom. The van der Waals surface area contributed by atoms with Gasteiger partial charge in [-0.1, -0.05) is 14.0 Å². The summed E-state index contributed by atoms with van der Waals surface area (Å²) < 4.78 is 6.24. The molecule has 2 heteroatoms. The van der Waals surface area contributed by atoms with E-state index >= 15 is 0 Å². The number of likely N-dealkylation sites (N-methyl/N-ethyl adjacent to an activating group) is 1. The highest BCUT2D eigenvalue weighted by Crippen LogP contribution is 2.08. The van der Waals surface area contributed by atoms with Gasteiger partial charge in [0, 0.05) is 0 Å². The van der Waals surface area contributed by atoms with Gasteiger partial charge in [0.05, 0.1) is 13.6 Å². The first-order valence-corrected chi connectivity index (χ1v) is 3.29. The molecule has 0 aromatic rings. The van der Waals surface area contributed by atoms with E-state index in [1.54, 1.807) is 0 Å². The summed E-state index contributed by atoms with van der Waals surface area (Å²) in [4.78, 5) is 0. The zero-order chi connectivity index (χ0) is 6.74. The molecule has 0 amide bonds. The van der Waals surface area contributed by atoms with Crippen molar-refractivity contribution in [2.75, 3.05) is 33.5 Å². The van der Waals surface area contributed by atoms with Crippen molar-refractivity contribution in [2.24, 2.45) is 0 Å². The molecule has 0 radical (unpaired) electrons. The van der Waals surface area contributed by atoms with E-state index in [0.29, 0.717) is 0 Å². The Morgan fingerprint density at radius 3 is 2.80 bits per heavy atom. The fraction of sp³-hybridized carbons (Fsp3) is 0.750. The fourth-order valence-corrected chi connectivity index (χ4v) is 1.09. The van der Waals surface area contributed by atoms with Gasteiger partial charge < -0.3 is 4.74 Å². The Kier molecular flexibility index (Phi) is 3.61. The van der Waals surface area contributed by atoms with Crippen LogP contribution in [0.25, 0.3) is 0 Å². The van der Waals surface area contributed by atoms with Crippen molar-refractivity contribution in [1.82, 2.24) is 0 Å². The van der Waals surface area contributed by atoms with Crippen LogP contribution in [0.2, 0.25) is 0 Å². The Morgan fingerprint density at radius 1 is 1.70 bits per heavy atom. The van der Waals surface area contributed by atoms with Gasteiger partial charge in [-0.05, 0) is 6.08 Å². The van der Waals surface area contributed by atoms with Crippen molar-refractivity contribution in [3.63, 3.8) is 0 Å². The molecule has 0 spiro atoms. The van der Waals surface area contributed by atoms with E-state index in [2.05, 4.69) is 13.6 Å². The van der Waals surface area contributed by atoms with Crippen LogP contribution in [0.4, 0.5) is 0 Å². The van der Waals surface area contributed by atoms with Crippen molar-refractivity contribution in [3.8, 4) is 0 Å². The van der Waals surface area contributed by atoms with E-state index in [-0.39, 0.29) is 7.43 Å². The summed E-state index contributed by atoms with van der Waals surface area (Å²) in [6.07, 6.45) is 1.95. The van der Waals surface area contributed by atoms with Crippen LogP contribution in [0.15, 0.2) is 12.7 Å². The minimum absolute atomic E-state index is 0. The molecule has 1 aliphatic heterocycles. The maximum atomic E-state index is 5.24. The summed E-state index contributed by atoms with van der Waals surface area (Å²) in [5.74, 6) is 0. The van der Waals surface area contributed by atoms with Gasteiger partial charge in [0.25, 0.3) is 0 Å². The molecule has 0 aromatic carbocycles. The molecular formula is C8H18NO+. The summed E-state index contributed by atoms with van der Waals surface area (Å²) in [5.41, 5.74) is 0. The molecular weight excluding hydrogens is 126 g/mol. The smallest absolute Gasteiger partial charge is 0.183 e. The molecule has 0 bridgehead atoms. The second-order valence-electron chi connectivity index (χ2n) is 2.85. The van der Waals surface area contributed by atoms with E-state index in [4.69, 9.17) is 4.74 Å². The standard InChI is InChI=1S/C7H14NO.CH4/c1-3-4-8(2)5-6-9-7-8;/h3H,1,4-7H2,2H3;1H4/q+1;. The Hall–Kier alpha value is -0.340. The number of hydrogen-bond acceptors (Lipinski definition) is 1. The maximum absolute atomic E-state index is 5.24. The lowest BCUT2D eigenvalue weighted by Crippen LogP contribution is -2.41. The molecule has 1 unspecified atom stereocenters. The fourth-order valence-electron chi connectivity index (χ4n) is 1.09. The van der Waals surface area contributed by atoms with Crippen LogP contribution in [0.3, 0.4) is 0 Å². The van der Waals surface area contributed by atoms with Crippen molar-refractivity contribution in [1.29, 1.82) is 0 Å².